The first kappa shape index (κ1) is 16.6. The highest BCUT2D eigenvalue weighted by molar-refractivity contribution is 5.78. The monoisotopic (exact) mass is 284 g/mol. The maximum absolute atomic E-state index is 13.7. The highest BCUT2D eigenvalue weighted by Gasteiger charge is 2.21. The van der Waals surface area contributed by atoms with E-state index in [1.54, 1.807) is 14.0 Å². The molecule has 1 unspecified atom stereocenters. The normalized spacial score (nSPS) is 12.6. The second kappa shape index (κ2) is 7.33. The molecule has 0 aromatic heterocycles. The van der Waals surface area contributed by atoms with Crippen LogP contribution in [0.2, 0.25) is 0 Å². The van der Waals surface area contributed by atoms with Crippen LogP contribution in [0.3, 0.4) is 0 Å². The van der Waals surface area contributed by atoms with E-state index in [4.69, 9.17) is 0 Å². The highest BCUT2D eigenvalue weighted by Crippen LogP contribution is 2.22. The van der Waals surface area contributed by atoms with Gasteiger partial charge < -0.3 is 4.90 Å². The molecule has 0 heterocycles. The molecule has 1 aromatic rings. The lowest BCUT2D eigenvalue weighted by atomic mass is 10.1. The van der Waals surface area contributed by atoms with Gasteiger partial charge in [-0.05, 0) is 38.2 Å². The predicted octanol–water partition coefficient (Wildman–Crippen LogP) is 2.83. The molecule has 112 valence electrons. The van der Waals surface area contributed by atoms with E-state index >= 15 is 0 Å². The minimum atomic E-state index is -0.506. The predicted molar refractivity (Wildman–Crippen MR) is 75.3 cm³/mol. The molecule has 0 spiro atoms. The lowest BCUT2D eigenvalue weighted by Crippen LogP contribution is -2.39. The molecule has 0 N–H and O–H groups in total. The Morgan fingerprint density at radius 2 is 1.85 bits per heavy atom. The average Bonchev–Trinajstić information content (AvgIpc) is 2.45. The highest BCUT2D eigenvalue weighted by atomic mass is 19.1. The van der Waals surface area contributed by atoms with Crippen molar-refractivity contribution in [3.05, 3.63) is 35.4 Å². The van der Waals surface area contributed by atoms with Gasteiger partial charge in [-0.1, -0.05) is 13.8 Å². The van der Waals surface area contributed by atoms with Crippen LogP contribution in [0.15, 0.2) is 18.2 Å². The molecule has 1 rings (SSSR count). The number of carbonyl (C=O) groups excluding carboxylic acids is 1. The summed E-state index contributed by atoms with van der Waals surface area (Å²) in [4.78, 5) is 15.6. The summed E-state index contributed by atoms with van der Waals surface area (Å²) in [5.74, 6) is -1.11. The maximum Gasteiger partial charge on any atom is 0.236 e. The summed E-state index contributed by atoms with van der Waals surface area (Å²) in [5, 5.41) is 0. The van der Waals surface area contributed by atoms with Crippen molar-refractivity contribution in [3.63, 3.8) is 0 Å². The third kappa shape index (κ3) is 4.00. The number of amides is 1. The lowest BCUT2D eigenvalue weighted by molar-refractivity contribution is -0.133. The van der Waals surface area contributed by atoms with Crippen LogP contribution in [0.5, 0.6) is 0 Å². The molecule has 0 saturated carbocycles. The topological polar surface area (TPSA) is 23.6 Å². The van der Waals surface area contributed by atoms with Crippen molar-refractivity contribution in [2.45, 2.75) is 26.8 Å². The van der Waals surface area contributed by atoms with Crippen LogP contribution >= 0.6 is 0 Å². The summed E-state index contributed by atoms with van der Waals surface area (Å²) >= 11 is 0. The van der Waals surface area contributed by atoms with Crippen LogP contribution in [0.4, 0.5) is 8.78 Å². The number of carbonyl (C=O) groups is 1. The summed E-state index contributed by atoms with van der Waals surface area (Å²) in [5.41, 5.74) is 0.195. The van der Waals surface area contributed by atoms with Crippen molar-refractivity contribution in [1.29, 1.82) is 0 Å². The van der Waals surface area contributed by atoms with E-state index in [9.17, 15) is 13.6 Å². The number of benzene rings is 1. The molecule has 1 atom stereocenters. The molecule has 0 radical (unpaired) electrons. The number of hydrogen-bond donors (Lipinski definition) is 0. The zero-order valence-corrected chi connectivity index (χ0v) is 12.5. The van der Waals surface area contributed by atoms with Gasteiger partial charge in [0.1, 0.15) is 11.6 Å². The number of likely N-dealkylation sites (N-methyl/N-ethyl adjacent to an activating group) is 2. The molecule has 20 heavy (non-hydrogen) atoms. The van der Waals surface area contributed by atoms with E-state index in [0.717, 1.165) is 31.3 Å². The summed E-state index contributed by atoms with van der Waals surface area (Å²) < 4.78 is 26.9. The van der Waals surface area contributed by atoms with Crippen molar-refractivity contribution in [2.24, 2.45) is 0 Å². The number of rotatable bonds is 6. The molecular formula is C15H22F2N2O. The first-order valence-corrected chi connectivity index (χ1v) is 6.83. The van der Waals surface area contributed by atoms with Crippen LogP contribution in [0, 0.1) is 11.6 Å². The Bertz CT molecular complexity index is 461. The zero-order chi connectivity index (χ0) is 15.3. The summed E-state index contributed by atoms with van der Waals surface area (Å²) in [7, 11) is 1.61. The van der Waals surface area contributed by atoms with Crippen LogP contribution in [0.25, 0.3) is 0 Å². The van der Waals surface area contributed by atoms with E-state index in [2.05, 4.69) is 0 Å². The molecular weight excluding hydrogens is 262 g/mol. The molecule has 0 aliphatic heterocycles. The molecule has 0 saturated heterocycles. The molecule has 5 heteroatoms. The summed E-state index contributed by atoms with van der Waals surface area (Å²) in [6.45, 7) is 7.49. The number of hydrogen-bond acceptors (Lipinski definition) is 2. The summed E-state index contributed by atoms with van der Waals surface area (Å²) in [6.07, 6.45) is 0. The van der Waals surface area contributed by atoms with Crippen molar-refractivity contribution in [3.8, 4) is 0 Å². The summed E-state index contributed by atoms with van der Waals surface area (Å²) in [6, 6.07) is 2.79. The standard InChI is InChI=1S/C15H22F2N2O/c1-5-19(6-2)10-15(20)18(4)11(3)13-9-12(16)7-8-14(13)17/h7-9,11H,5-6,10H2,1-4H3. The van der Waals surface area contributed by atoms with Crippen molar-refractivity contribution in [1.82, 2.24) is 9.80 Å². The Kier molecular flexibility index (Phi) is 6.07. The smallest absolute Gasteiger partial charge is 0.236 e. The zero-order valence-electron chi connectivity index (χ0n) is 12.5. The maximum atomic E-state index is 13.7. The Morgan fingerprint density at radius 3 is 2.40 bits per heavy atom. The Labute approximate surface area is 119 Å². The third-order valence-corrected chi connectivity index (χ3v) is 3.64. The quantitative estimate of drug-likeness (QED) is 0.802. The molecule has 1 aromatic carbocycles. The fourth-order valence-corrected chi connectivity index (χ4v) is 2.01. The van der Waals surface area contributed by atoms with Gasteiger partial charge >= 0.3 is 0 Å². The van der Waals surface area contributed by atoms with Gasteiger partial charge in [0.15, 0.2) is 0 Å². The Hall–Kier alpha value is -1.49. The van der Waals surface area contributed by atoms with Gasteiger partial charge in [0.25, 0.3) is 0 Å². The minimum Gasteiger partial charge on any atom is -0.338 e. The van der Waals surface area contributed by atoms with Gasteiger partial charge in [0, 0.05) is 12.6 Å². The first-order valence-electron chi connectivity index (χ1n) is 6.83. The number of nitrogens with zero attached hydrogens (tertiary/aromatic N) is 2. The van der Waals surface area contributed by atoms with Crippen molar-refractivity contribution in [2.75, 3.05) is 26.7 Å². The van der Waals surface area contributed by atoms with E-state index in [1.807, 2.05) is 18.7 Å². The SMILES string of the molecule is CCN(CC)CC(=O)N(C)C(C)c1cc(F)ccc1F. The molecule has 0 bridgehead atoms. The van der Waals surface area contributed by atoms with Crippen LogP contribution in [-0.4, -0.2) is 42.4 Å². The largest absolute Gasteiger partial charge is 0.338 e. The van der Waals surface area contributed by atoms with E-state index in [-0.39, 0.29) is 18.0 Å². The van der Waals surface area contributed by atoms with Gasteiger partial charge in [-0.15, -0.1) is 0 Å². The van der Waals surface area contributed by atoms with Crippen LogP contribution < -0.4 is 0 Å². The third-order valence-electron chi connectivity index (χ3n) is 3.64. The van der Waals surface area contributed by atoms with Crippen molar-refractivity contribution < 1.29 is 13.6 Å². The number of halogens is 2. The Balaban J connectivity index is 2.82. The minimum absolute atomic E-state index is 0.107. The van der Waals surface area contributed by atoms with E-state index < -0.39 is 17.7 Å². The molecule has 0 aliphatic rings. The van der Waals surface area contributed by atoms with Gasteiger partial charge in [0.2, 0.25) is 5.91 Å². The van der Waals surface area contributed by atoms with E-state index in [0.29, 0.717) is 0 Å². The van der Waals surface area contributed by atoms with Crippen molar-refractivity contribution >= 4 is 5.91 Å². The first-order chi connectivity index (χ1) is 9.40. The van der Waals surface area contributed by atoms with Crippen LogP contribution in [0.1, 0.15) is 32.4 Å². The fourth-order valence-electron chi connectivity index (χ4n) is 2.01. The van der Waals surface area contributed by atoms with Gasteiger partial charge in [-0.25, -0.2) is 8.78 Å². The van der Waals surface area contributed by atoms with Crippen LogP contribution in [-0.2, 0) is 4.79 Å². The Morgan fingerprint density at radius 1 is 1.25 bits per heavy atom. The second-order valence-corrected chi connectivity index (χ2v) is 4.81. The fraction of sp³-hybridized carbons (Fsp3) is 0.533. The van der Waals surface area contributed by atoms with E-state index in [1.165, 1.54) is 4.90 Å². The molecule has 3 nitrogen and oxygen atoms in total. The molecule has 0 aliphatic carbocycles. The lowest BCUT2D eigenvalue weighted by Gasteiger charge is -2.28. The van der Waals surface area contributed by atoms with Gasteiger partial charge in [0.05, 0.1) is 12.6 Å². The average molecular weight is 284 g/mol. The van der Waals surface area contributed by atoms with Gasteiger partial charge in [-0.2, -0.15) is 0 Å². The molecule has 1 amide bonds. The molecule has 0 fully saturated rings. The van der Waals surface area contributed by atoms with Gasteiger partial charge in [-0.3, -0.25) is 9.69 Å². The second-order valence-electron chi connectivity index (χ2n) is 4.81.